The maximum Gasteiger partial charge on any atom is 0.416 e. The van der Waals surface area contributed by atoms with Gasteiger partial charge in [0, 0.05) is 31.7 Å². The Morgan fingerprint density at radius 2 is 1.74 bits per heavy atom. The Balaban J connectivity index is 1.39. The Bertz CT molecular complexity index is 1080. The van der Waals surface area contributed by atoms with E-state index in [1.165, 1.54) is 33.8 Å². The van der Waals surface area contributed by atoms with Crippen LogP contribution in [0, 0.1) is 5.82 Å². The maximum atomic E-state index is 13.5. The van der Waals surface area contributed by atoms with Crippen molar-refractivity contribution in [2.75, 3.05) is 26.2 Å². The fourth-order valence-electron chi connectivity index (χ4n) is 3.43. The molecule has 0 atom stereocenters. The number of hydrogen-bond donors (Lipinski definition) is 0. The zero-order chi connectivity index (χ0) is 22.0. The molecule has 1 aromatic heterocycles. The Labute approximate surface area is 174 Å². The Kier molecular flexibility index (Phi) is 5.68. The van der Waals surface area contributed by atoms with Crippen LogP contribution in [0.25, 0.3) is 5.69 Å². The van der Waals surface area contributed by atoms with Gasteiger partial charge in [-0.1, -0.05) is 12.1 Å². The van der Waals surface area contributed by atoms with E-state index in [1.807, 2.05) is 4.90 Å². The summed E-state index contributed by atoms with van der Waals surface area (Å²) in [5.74, 6) is -0.320. The molecule has 1 amide bonds. The van der Waals surface area contributed by atoms with Gasteiger partial charge in [0.05, 0.1) is 17.8 Å². The highest BCUT2D eigenvalue weighted by Gasteiger charge is 2.31. The molecule has 11 heteroatoms. The first-order valence-electron chi connectivity index (χ1n) is 9.53. The van der Waals surface area contributed by atoms with Gasteiger partial charge < -0.3 is 4.90 Å². The first kappa shape index (κ1) is 20.9. The largest absolute Gasteiger partial charge is 0.416 e. The molecular weight excluding hydrogens is 416 g/mol. The van der Waals surface area contributed by atoms with E-state index in [2.05, 4.69) is 15.5 Å². The summed E-state index contributed by atoms with van der Waals surface area (Å²) < 4.78 is 53.7. The summed E-state index contributed by atoms with van der Waals surface area (Å²) in [6.45, 7) is 2.10. The Morgan fingerprint density at radius 1 is 1.00 bits per heavy atom. The van der Waals surface area contributed by atoms with E-state index in [0.717, 1.165) is 12.1 Å². The van der Waals surface area contributed by atoms with Crippen molar-refractivity contribution in [1.82, 2.24) is 30.0 Å². The first-order chi connectivity index (χ1) is 14.8. The second kappa shape index (κ2) is 8.42. The van der Waals surface area contributed by atoms with E-state index in [4.69, 9.17) is 0 Å². The fraction of sp³-hybridized carbons (Fsp3) is 0.300. The number of nitrogens with zero attached hydrogens (tertiary/aromatic N) is 6. The number of tetrazole rings is 1. The van der Waals surface area contributed by atoms with Crippen molar-refractivity contribution in [3.8, 4) is 5.69 Å². The quantitative estimate of drug-likeness (QED) is 0.591. The molecule has 1 aliphatic rings. The van der Waals surface area contributed by atoms with Crippen LogP contribution in [0.15, 0.2) is 48.5 Å². The van der Waals surface area contributed by atoms with Crippen LogP contribution < -0.4 is 0 Å². The molecule has 0 unspecified atom stereocenters. The number of aromatic nitrogens is 4. The van der Waals surface area contributed by atoms with Crippen LogP contribution in [0.3, 0.4) is 0 Å². The molecule has 0 spiro atoms. The SMILES string of the molecule is O=C(c1cccc(C(F)(F)F)c1)N1CCN(Cc2nnnn2-c2cccc(F)c2)CC1. The number of rotatable bonds is 4. The molecular formula is C20H18F4N6O. The molecule has 0 saturated carbocycles. The van der Waals surface area contributed by atoms with E-state index in [9.17, 15) is 22.4 Å². The zero-order valence-corrected chi connectivity index (χ0v) is 16.3. The second-order valence-electron chi connectivity index (χ2n) is 7.13. The molecule has 0 bridgehead atoms. The highest BCUT2D eigenvalue weighted by molar-refractivity contribution is 5.94. The molecule has 2 heterocycles. The molecule has 1 fully saturated rings. The van der Waals surface area contributed by atoms with Gasteiger partial charge in [-0.3, -0.25) is 9.69 Å². The third-order valence-electron chi connectivity index (χ3n) is 5.05. The molecule has 1 saturated heterocycles. The number of benzene rings is 2. The third kappa shape index (κ3) is 4.71. The molecule has 0 aliphatic carbocycles. The van der Waals surface area contributed by atoms with Crippen LogP contribution >= 0.6 is 0 Å². The highest BCUT2D eigenvalue weighted by Crippen LogP contribution is 2.29. The summed E-state index contributed by atoms with van der Waals surface area (Å²) in [7, 11) is 0. The monoisotopic (exact) mass is 434 g/mol. The molecule has 7 nitrogen and oxygen atoms in total. The first-order valence-corrected chi connectivity index (χ1v) is 9.53. The van der Waals surface area contributed by atoms with E-state index in [1.54, 1.807) is 12.1 Å². The number of carbonyl (C=O) groups excluding carboxylic acids is 1. The van der Waals surface area contributed by atoms with Gasteiger partial charge in [0.2, 0.25) is 0 Å². The van der Waals surface area contributed by atoms with Gasteiger partial charge in [-0.2, -0.15) is 17.9 Å². The van der Waals surface area contributed by atoms with Crippen LogP contribution in [0.5, 0.6) is 0 Å². The topological polar surface area (TPSA) is 67.2 Å². The van der Waals surface area contributed by atoms with Crippen molar-refractivity contribution >= 4 is 5.91 Å². The van der Waals surface area contributed by atoms with Crippen molar-refractivity contribution in [1.29, 1.82) is 0 Å². The summed E-state index contributed by atoms with van der Waals surface area (Å²) in [5, 5.41) is 11.6. The number of carbonyl (C=O) groups is 1. The van der Waals surface area contributed by atoms with Crippen LogP contribution in [0.1, 0.15) is 21.7 Å². The van der Waals surface area contributed by atoms with Crippen molar-refractivity contribution < 1.29 is 22.4 Å². The lowest BCUT2D eigenvalue weighted by molar-refractivity contribution is -0.137. The van der Waals surface area contributed by atoms with Gasteiger partial charge in [0.15, 0.2) is 5.82 Å². The standard InChI is InChI=1S/C20H18F4N6O/c21-16-5-2-6-17(12-16)30-18(25-26-27-30)13-28-7-9-29(10-8-28)19(31)14-3-1-4-15(11-14)20(22,23)24/h1-6,11-12H,7-10,13H2. The van der Waals surface area contributed by atoms with Gasteiger partial charge in [0.1, 0.15) is 5.82 Å². The fourth-order valence-corrected chi connectivity index (χ4v) is 3.43. The number of piperazine rings is 1. The van der Waals surface area contributed by atoms with Gasteiger partial charge in [-0.05, 0) is 46.8 Å². The van der Waals surface area contributed by atoms with Crippen molar-refractivity contribution in [3.63, 3.8) is 0 Å². The molecule has 4 rings (SSSR count). The zero-order valence-electron chi connectivity index (χ0n) is 16.3. The third-order valence-corrected chi connectivity index (χ3v) is 5.05. The summed E-state index contributed by atoms with van der Waals surface area (Å²) in [6.07, 6.45) is -4.50. The minimum atomic E-state index is -4.50. The predicted molar refractivity (Wildman–Crippen MR) is 102 cm³/mol. The van der Waals surface area contributed by atoms with E-state index in [-0.39, 0.29) is 5.56 Å². The molecule has 31 heavy (non-hydrogen) atoms. The number of hydrogen-bond acceptors (Lipinski definition) is 5. The maximum absolute atomic E-state index is 13.5. The smallest absolute Gasteiger partial charge is 0.336 e. The molecule has 0 radical (unpaired) electrons. The predicted octanol–water partition coefficient (Wildman–Crippen LogP) is 2.78. The van der Waals surface area contributed by atoms with Crippen LogP contribution in [-0.4, -0.2) is 62.1 Å². The van der Waals surface area contributed by atoms with Crippen LogP contribution in [-0.2, 0) is 12.7 Å². The van der Waals surface area contributed by atoms with E-state index < -0.39 is 23.5 Å². The minimum absolute atomic E-state index is 0.0123. The van der Waals surface area contributed by atoms with Gasteiger partial charge in [-0.25, -0.2) is 4.39 Å². The molecule has 162 valence electrons. The lowest BCUT2D eigenvalue weighted by Gasteiger charge is -2.34. The number of amides is 1. The Hall–Kier alpha value is -3.34. The van der Waals surface area contributed by atoms with Crippen LogP contribution in [0.2, 0.25) is 0 Å². The average Bonchev–Trinajstić information content (AvgIpc) is 3.21. The van der Waals surface area contributed by atoms with E-state index >= 15 is 0 Å². The summed E-state index contributed by atoms with van der Waals surface area (Å²) in [5.41, 5.74) is -0.335. The highest BCUT2D eigenvalue weighted by atomic mass is 19.4. The summed E-state index contributed by atoms with van der Waals surface area (Å²) >= 11 is 0. The number of alkyl halides is 3. The summed E-state index contributed by atoms with van der Waals surface area (Å²) in [4.78, 5) is 16.2. The van der Waals surface area contributed by atoms with Crippen molar-refractivity contribution in [3.05, 3.63) is 71.3 Å². The number of halogens is 4. The van der Waals surface area contributed by atoms with Crippen molar-refractivity contribution in [2.24, 2.45) is 0 Å². The van der Waals surface area contributed by atoms with E-state index in [0.29, 0.717) is 44.2 Å². The van der Waals surface area contributed by atoms with Gasteiger partial charge >= 0.3 is 6.18 Å². The minimum Gasteiger partial charge on any atom is -0.336 e. The molecule has 2 aromatic carbocycles. The average molecular weight is 434 g/mol. The second-order valence-corrected chi connectivity index (χ2v) is 7.13. The Morgan fingerprint density at radius 3 is 2.45 bits per heavy atom. The molecule has 1 aliphatic heterocycles. The van der Waals surface area contributed by atoms with Crippen molar-refractivity contribution in [2.45, 2.75) is 12.7 Å². The molecule has 0 N–H and O–H groups in total. The van der Waals surface area contributed by atoms with Gasteiger partial charge in [0.25, 0.3) is 5.91 Å². The lowest BCUT2D eigenvalue weighted by atomic mass is 10.1. The molecule has 3 aromatic rings. The van der Waals surface area contributed by atoms with Crippen LogP contribution in [0.4, 0.5) is 17.6 Å². The lowest BCUT2D eigenvalue weighted by Crippen LogP contribution is -2.48. The van der Waals surface area contributed by atoms with Gasteiger partial charge in [-0.15, -0.1) is 5.10 Å². The normalized spacial score (nSPS) is 15.3. The summed E-state index contributed by atoms with van der Waals surface area (Å²) in [6, 6.07) is 10.3.